The highest BCUT2D eigenvalue weighted by Gasteiger charge is 2.21. The first-order valence-electron chi connectivity index (χ1n) is 6.47. The molecule has 0 aromatic rings. The van der Waals surface area contributed by atoms with Crippen molar-refractivity contribution >= 4 is 5.91 Å². The summed E-state index contributed by atoms with van der Waals surface area (Å²) >= 11 is 0. The van der Waals surface area contributed by atoms with Crippen LogP contribution in [0.15, 0.2) is 0 Å². The maximum atomic E-state index is 11.5. The lowest BCUT2D eigenvalue weighted by molar-refractivity contribution is -0.122. The van der Waals surface area contributed by atoms with E-state index in [0.717, 1.165) is 32.4 Å². The zero-order valence-corrected chi connectivity index (χ0v) is 10.7. The maximum Gasteiger partial charge on any atom is 0.234 e. The SMILES string of the molecule is CCCCOCCNC(=O)CN1CC[C@H](O)C1. The Labute approximate surface area is 103 Å². The number of unbranched alkanes of at least 4 members (excludes halogenated alkanes) is 1. The Morgan fingerprint density at radius 1 is 1.53 bits per heavy atom. The molecule has 5 nitrogen and oxygen atoms in total. The molecule has 0 unspecified atom stereocenters. The summed E-state index contributed by atoms with van der Waals surface area (Å²) in [5.74, 6) is 0.0122. The van der Waals surface area contributed by atoms with E-state index in [2.05, 4.69) is 12.2 Å². The molecular weight excluding hydrogens is 220 g/mol. The highest BCUT2D eigenvalue weighted by molar-refractivity contribution is 5.78. The van der Waals surface area contributed by atoms with Gasteiger partial charge in [-0.15, -0.1) is 0 Å². The van der Waals surface area contributed by atoms with Gasteiger partial charge in [-0.1, -0.05) is 13.3 Å². The van der Waals surface area contributed by atoms with Gasteiger partial charge in [-0.2, -0.15) is 0 Å². The molecular formula is C12H24N2O3. The molecule has 5 heteroatoms. The lowest BCUT2D eigenvalue weighted by atomic mass is 10.3. The normalized spacial score (nSPS) is 20.7. The number of aliphatic hydroxyl groups is 1. The summed E-state index contributed by atoms with van der Waals surface area (Å²) in [6.07, 6.45) is 2.71. The molecule has 1 atom stereocenters. The minimum Gasteiger partial charge on any atom is -0.392 e. The Bertz CT molecular complexity index is 224. The van der Waals surface area contributed by atoms with Crippen LogP contribution in [0, 0.1) is 0 Å². The highest BCUT2D eigenvalue weighted by Crippen LogP contribution is 2.07. The van der Waals surface area contributed by atoms with E-state index in [9.17, 15) is 9.90 Å². The molecule has 2 N–H and O–H groups in total. The van der Waals surface area contributed by atoms with E-state index in [1.807, 2.05) is 4.90 Å². The Morgan fingerprint density at radius 3 is 3.00 bits per heavy atom. The Morgan fingerprint density at radius 2 is 2.35 bits per heavy atom. The predicted octanol–water partition coefficient (Wildman–Crippen LogP) is -0.0141. The average Bonchev–Trinajstić information content (AvgIpc) is 2.69. The number of rotatable bonds is 8. The fourth-order valence-corrected chi connectivity index (χ4v) is 1.83. The number of β-amino-alcohol motifs (C(OH)–C–C–N with tert-alkyl or cyclic N) is 1. The van der Waals surface area contributed by atoms with Gasteiger partial charge in [0.2, 0.25) is 5.91 Å². The van der Waals surface area contributed by atoms with Gasteiger partial charge in [-0.05, 0) is 12.8 Å². The van der Waals surface area contributed by atoms with Gasteiger partial charge in [0, 0.05) is 26.2 Å². The number of carbonyl (C=O) groups is 1. The molecule has 0 radical (unpaired) electrons. The second kappa shape index (κ2) is 8.44. The van der Waals surface area contributed by atoms with Gasteiger partial charge < -0.3 is 15.2 Å². The number of amides is 1. The summed E-state index contributed by atoms with van der Waals surface area (Å²) in [5.41, 5.74) is 0. The van der Waals surface area contributed by atoms with Crippen LogP contribution in [-0.2, 0) is 9.53 Å². The summed E-state index contributed by atoms with van der Waals surface area (Å²) in [6, 6.07) is 0. The third-order valence-corrected chi connectivity index (χ3v) is 2.83. The molecule has 0 spiro atoms. The molecule has 1 aliphatic rings. The fourth-order valence-electron chi connectivity index (χ4n) is 1.83. The molecule has 0 aromatic carbocycles. The summed E-state index contributed by atoms with van der Waals surface area (Å²) in [4.78, 5) is 13.5. The quantitative estimate of drug-likeness (QED) is 0.589. The largest absolute Gasteiger partial charge is 0.392 e. The maximum absolute atomic E-state index is 11.5. The van der Waals surface area contributed by atoms with Gasteiger partial charge in [-0.3, -0.25) is 9.69 Å². The third kappa shape index (κ3) is 6.61. The molecule has 1 amide bonds. The molecule has 1 heterocycles. The summed E-state index contributed by atoms with van der Waals surface area (Å²) in [6.45, 7) is 5.83. The number of aliphatic hydroxyl groups excluding tert-OH is 1. The summed E-state index contributed by atoms with van der Waals surface area (Å²) < 4.78 is 5.34. The average molecular weight is 244 g/mol. The van der Waals surface area contributed by atoms with Gasteiger partial charge in [0.25, 0.3) is 0 Å². The lowest BCUT2D eigenvalue weighted by Gasteiger charge is -2.14. The molecule has 100 valence electrons. The van der Waals surface area contributed by atoms with Crippen LogP contribution in [-0.4, -0.2) is 61.4 Å². The summed E-state index contributed by atoms with van der Waals surface area (Å²) in [7, 11) is 0. The molecule has 0 aromatic heterocycles. The number of carbonyl (C=O) groups excluding carboxylic acids is 1. The van der Waals surface area contributed by atoms with Crippen LogP contribution >= 0.6 is 0 Å². The van der Waals surface area contributed by atoms with Crippen LogP contribution in [0.1, 0.15) is 26.2 Å². The van der Waals surface area contributed by atoms with E-state index in [0.29, 0.717) is 26.2 Å². The van der Waals surface area contributed by atoms with Crippen LogP contribution < -0.4 is 5.32 Å². The Kier molecular flexibility index (Phi) is 7.16. The van der Waals surface area contributed by atoms with Gasteiger partial charge in [0.1, 0.15) is 0 Å². The van der Waals surface area contributed by atoms with E-state index in [4.69, 9.17) is 4.74 Å². The van der Waals surface area contributed by atoms with Crippen LogP contribution in [0.2, 0.25) is 0 Å². The van der Waals surface area contributed by atoms with E-state index >= 15 is 0 Å². The molecule has 1 fully saturated rings. The first-order valence-corrected chi connectivity index (χ1v) is 6.47. The topological polar surface area (TPSA) is 61.8 Å². The monoisotopic (exact) mass is 244 g/mol. The van der Waals surface area contributed by atoms with Crippen LogP contribution in [0.4, 0.5) is 0 Å². The van der Waals surface area contributed by atoms with Crippen molar-refractivity contribution in [2.75, 3.05) is 39.4 Å². The fraction of sp³-hybridized carbons (Fsp3) is 0.917. The predicted molar refractivity (Wildman–Crippen MR) is 65.8 cm³/mol. The van der Waals surface area contributed by atoms with E-state index in [-0.39, 0.29) is 12.0 Å². The van der Waals surface area contributed by atoms with Crippen LogP contribution in [0.25, 0.3) is 0 Å². The Balaban J connectivity index is 1.94. The van der Waals surface area contributed by atoms with Crippen molar-refractivity contribution in [1.29, 1.82) is 0 Å². The third-order valence-electron chi connectivity index (χ3n) is 2.83. The molecule has 1 rings (SSSR count). The van der Waals surface area contributed by atoms with Crippen molar-refractivity contribution in [3.8, 4) is 0 Å². The van der Waals surface area contributed by atoms with Gasteiger partial charge in [0.05, 0.1) is 19.3 Å². The molecule has 0 aliphatic carbocycles. The number of likely N-dealkylation sites (tertiary alicyclic amines) is 1. The lowest BCUT2D eigenvalue weighted by Crippen LogP contribution is -2.37. The molecule has 1 aliphatic heterocycles. The van der Waals surface area contributed by atoms with Gasteiger partial charge in [0.15, 0.2) is 0 Å². The first-order chi connectivity index (χ1) is 8.22. The van der Waals surface area contributed by atoms with Crippen LogP contribution in [0.5, 0.6) is 0 Å². The van der Waals surface area contributed by atoms with Crippen molar-refractivity contribution in [2.24, 2.45) is 0 Å². The van der Waals surface area contributed by atoms with E-state index in [1.54, 1.807) is 0 Å². The Hall–Kier alpha value is -0.650. The van der Waals surface area contributed by atoms with Gasteiger partial charge >= 0.3 is 0 Å². The van der Waals surface area contributed by atoms with Crippen LogP contribution in [0.3, 0.4) is 0 Å². The zero-order chi connectivity index (χ0) is 12.5. The number of ether oxygens (including phenoxy) is 1. The number of hydrogen-bond acceptors (Lipinski definition) is 4. The first kappa shape index (κ1) is 14.4. The molecule has 0 saturated carbocycles. The standard InChI is InChI=1S/C12H24N2O3/c1-2-3-7-17-8-5-13-12(16)10-14-6-4-11(15)9-14/h11,15H,2-10H2,1H3,(H,13,16)/t11-/m0/s1. The second-order valence-electron chi connectivity index (χ2n) is 4.49. The number of nitrogens with one attached hydrogen (secondary N) is 1. The highest BCUT2D eigenvalue weighted by atomic mass is 16.5. The van der Waals surface area contributed by atoms with E-state index < -0.39 is 0 Å². The molecule has 1 saturated heterocycles. The molecule has 17 heavy (non-hydrogen) atoms. The van der Waals surface area contributed by atoms with Crippen molar-refractivity contribution in [1.82, 2.24) is 10.2 Å². The van der Waals surface area contributed by atoms with Crippen molar-refractivity contribution in [2.45, 2.75) is 32.3 Å². The zero-order valence-electron chi connectivity index (χ0n) is 10.7. The van der Waals surface area contributed by atoms with Crippen molar-refractivity contribution in [3.63, 3.8) is 0 Å². The van der Waals surface area contributed by atoms with Crippen molar-refractivity contribution in [3.05, 3.63) is 0 Å². The van der Waals surface area contributed by atoms with Crippen molar-refractivity contribution < 1.29 is 14.6 Å². The van der Waals surface area contributed by atoms with Gasteiger partial charge in [-0.25, -0.2) is 0 Å². The molecule has 0 bridgehead atoms. The second-order valence-corrected chi connectivity index (χ2v) is 4.49. The minimum absolute atomic E-state index is 0.0122. The summed E-state index contributed by atoms with van der Waals surface area (Å²) in [5, 5.41) is 12.1. The number of hydrogen-bond donors (Lipinski definition) is 2. The van der Waals surface area contributed by atoms with E-state index in [1.165, 1.54) is 0 Å². The smallest absolute Gasteiger partial charge is 0.234 e. The minimum atomic E-state index is -0.264. The number of nitrogens with zero attached hydrogens (tertiary/aromatic N) is 1.